The molecule has 7 heteroatoms. The van der Waals surface area contributed by atoms with Crippen LogP contribution in [0.5, 0.6) is 0 Å². The molecule has 1 heterocycles. The van der Waals surface area contributed by atoms with Crippen LogP contribution in [0.2, 0.25) is 0 Å². The minimum Gasteiger partial charge on any atom is -0.389 e. The van der Waals surface area contributed by atoms with E-state index in [1.807, 2.05) is 13.8 Å². The van der Waals surface area contributed by atoms with E-state index in [1.165, 1.54) is 0 Å². The van der Waals surface area contributed by atoms with Gasteiger partial charge in [0.1, 0.15) is 12.2 Å². The fourth-order valence-electron chi connectivity index (χ4n) is 2.75. The molecule has 1 aliphatic heterocycles. The molecule has 23 heavy (non-hydrogen) atoms. The number of ether oxygens (including phenoxy) is 1. The maximum Gasteiger partial charge on any atom is 0.178 e. The highest BCUT2D eigenvalue weighted by atomic mass is 16.6. The van der Waals surface area contributed by atoms with Crippen LogP contribution in [0.4, 0.5) is 0 Å². The second kappa shape index (κ2) is 8.84. The third kappa shape index (κ3) is 4.58. The molecule has 0 radical (unpaired) electrons. The van der Waals surface area contributed by atoms with Crippen LogP contribution >= 0.6 is 0 Å². The summed E-state index contributed by atoms with van der Waals surface area (Å²) < 4.78 is 5.09. The first-order valence-corrected chi connectivity index (χ1v) is 8.27. The van der Waals surface area contributed by atoms with Gasteiger partial charge in [-0.3, -0.25) is 9.59 Å². The van der Waals surface area contributed by atoms with E-state index in [-0.39, 0.29) is 19.3 Å². The molecule has 134 valence electrons. The topological polar surface area (TPSA) is 124 Å². The van der Waals surface area contributed by atoms with Crippen molar-refractivity contribution >= 4 is 11.6 Å². The molecule has 7 nitrogen and oxygen atoms in total. The van der Waals surface area contributed by atoms with Crippen LogP contribution in [-0.4, -0.2) is 62.2 Å². The number of carbonyl (C=O) groups is 2. The molecule has 1 unspecified atom stereocenters. The zero-order valence-electron chi connectivity index (χ0n) is 13.8. The van der Waals surface area contributed by atoms with Crippen molar-refractivity contribution in [1.82, 2.24) is 0 Å². The Morgan fingerprint density at radius 2 is 1.74 bits per heavy atom. The van der Waals surface area contributed by atoms with Crippen LogP contribution in [-0.2, 0) is 14.3 Å². The van der Waals surface area contributed by atoms with Gasteiger partial charge in [0.25, 0.3) is 0 Å². The SMILES string of the molecule is CCCCC(=O)C(O)[C@H]1O[C@H](O)C[C@@H](O)[C@@]1(O)C(=O)CCCC. The Balaban J connectivity index is 3.01. The Morgan fingerprint density at radius 3 is 2.30 bits per heavy atom. The lowest BCUT2D eigenvalue weighted by atomic mass is 9.77. The predicted molar refractivity (Wildman–Crippen MR) is 81.5 cm³/mol. The number of rotatable bonds is 9. The molecule has 1 aliphatic rings. The summed E-state index contributed by atoms with van der Waals surface area (Å²) in [7, 11) is 0. The molecular weight excluding hydrogens is 304 g/mol. The van der Waals surface area contributed by atoms with E-state index >= 15 is 0 Å². The number of aliphatic hydroxyl groups is 4. The van der Waals surface area contributed by atoms with Crippen LogP contribution in [0, 0.1) is 0 Å². The lowest BCUT2D eigenvalue weighted by molar-refractivity contribution is -0.280. The van der Waals surface area contributed by atoms with E-state index in [0.717, 1.165) is 6.42 Å². The van der Waals surface area contributed by atoms with Gasteiger partial charge >= 0.3 is 0 Å². The van der Waals surface area contributed by atoms with E-state index < -0.39 is 41.8 Å². The van der Waals surface area contributed by atoms with Gasteiger partial charge in [0, 0.05) is 19.3 Å². The Morgan fingerprint density at radius 1 is 1.17 bits per heavy atom. The van der Waals surface area contributed by atoms with E-state index in [4.69, 9.17) is 4.74 Å². The number of hydrogen-bond donors (Lipinski definition) is 4. The lowest BCUT2D eigenvalue weighted by Gasteiger charge is -2.45. The largest absolute Gasteiger partial charge is 0.389 e. The average Bonchev–Trinajstić information content (AvgIpc) is 2.52. The van der Waals surface area contributed by atoms with Crippen molar-refractivity contribution in [1.29, 1.82) is 0 Å². The smallest absolute Gasteiger partial charge is 0.178 e. The fraction of sp³-hybridized carbons (Fsp3) is 0.875. The van der Waals surface area contributed by atoms with Gasteiger partial charge in [0.05, 0.1) is 6.10 Å². The second-order valence-electron chi connectivity index (χ2n) is 6.13. The first-order chi connectivity index (χ1) is 10.8. The molecule has 0 spiro atoms. The minimum atomic E-state index is -2.39. The number of Topliss-reactive ketones (excluding diaryl/α,β-unsaturated/α-hetero) is 2. The number of ketones is 2. The van der Waals surface area contributed by atoms with Crippen molar-refractivity contribution in [3.8, 4) is 0 Å². The third-order valence-electron chi connectivity index (χ3n) is 4.27. The second-order valence-corrected chi connectivity index (χ2v) is 6.13. The summed E-state index contributed by atoms with van der Waals surface area (Å²) in [6.07, 6.45) is -4.29. The monoisotopic (exact) mass is 332 g/mol. The first-order valence-electron chi connectivity index (χ1n) is 8.27. The summed E-state index contributed by atoms with van der Waals surface area (Å²) in [5.41, 5.74) is -2.39. The molecule has 1 saturated heterocycles. The summed E-state index contributed by atoms with van der Waals surface area (Å²) in [6.45, 7) is 3.75. The highest BCUT2D eigenvalue weighted by Gasteiger charge is 2.57. The summed E-state index contributed by atoms with van der Waals surface area (Å²) in [5, 5.41) is 40.6. The van der Waals surface area contributed by atoms with Crippen molar-refractivity contribution in [3.05, 3.63) is 0 Å². The van der Waals surface area contributed by atoms with Crippen molar-refractivity contribution in [2.24, 2.45) is 0 Å². The van der Waals surface area contributed by atoms with Crippen molar-refractivity contribution in [3.63, 3.8) is 0 Å². The Labute approximate surface area is 136 Å². The van der Waals surface area contributed by atoms with Crippen LogP contribution in [0.1, 0.15) is 58.8 Å². The van der Waals surface area contributed by atoms with Crippen LogP contribution in [0.25, 0.3) is 0 Å². The van der Waals surface area contributed by atoms with Gasteiger partial charge in [0.15, 0.2) is 23.5 Å². The minimum absolute atomic E-state index is 0.00408. The highest BCUT2D eigenvalue weighted by molar-refractivity contribution is 5.91. The maximum absolute atomic E-state index is 12.4. The van der Waals surface area contributed by atoms with Crippen molar-refractivity contribution in [2.75, 3.05) is 0 Å². The first kappa shape index (κ1) is 20.2. The van der Waals surface area contributed by atoms with Crippen LogP contribution in [0.15, 0.2) is 0 Å². The van der Waals surface area contributed by atoms with Gasteiger partial charge in [-0.05, 0) is 12.8 Å². The molecule has 0 amide bonds. The van der Waals surface area contributed by atoms with E-state index in [2.05, 4.69) is 0 Å². The molecule has 0 saturated carbocycles. The predicted octanol–water partition coefficient (Wildman–Crippen LogP) is 0.0652. The standard InChI is InChI=1S/C16H28O7/c1-3-5-7-10(17)14(21)15-16(22,11(18)8-6-4-2)12(19)9-13(20)23-15/h12-15,19-22H,3-9H2,1-2H3/t12-,13+,14?,15-,16+/m1/s1. The number of carbonyl (C=O) groups excluding carboxylic acids is 2. The van der Waals surface area contributed by atoms with Crippen molar-refractivity contribution in [2.45, 2.75) is 89.0 Å². The summed E-state index contributed by atoms with van der Waals surface area (Å²) in [4.78, 5) is 24.4. The number of hydrogen-bond acceptors (Lipinski definition) is 7. The Bertz CT molecular complexity index is 411. The van der Waals surface area contributed by atoms with Gasteiger partial charge in [-0.2, -0.15) is 0 Å². The number of aliphatic hydroxyl groups excluding tert-OH is 3. The van der Waals surface area contributed by atoms with Gasteiger partial charge in [0.2, 0.25) is 0 Å². The van der Waals surface area contributed by atoms with Crippen molar-refractivity contribution < 1.29 is 34.8 Å². The van der Waals surface area contributed by atoms with Crippen LogP contribution in [0.3, 0.4) is 0 Å². The summed E-state index contributed by atoms with van der Waals surface area (Å²) >= 11 is 0. The summed E-state index contributed by atoms with van der Waals surface area (Å²) in [5.74, 6) is -1.27. The molecular formula is C16H28O7. The Hall–Kier alpha value is -0.860. The molecule has 0 aromatic carbocycles. The normalized spacial score (nSPS) is 32.5. The third-order valence-corrected chi connectivity index (χ3v) is 4.27. The quantitative estimate of drug-likeness (QED) is 0.471. The van der Waals surface area contributed by atoms with Gasteiger partial charge < -0.3 is 25.2 Å². The highest BCUT2D eigenvalue weighted by Crippen LogP contribution is 2.33. The molecule has 1 fully saturated rings. The van der Waals surface area contributed by atoms with E-state index in [1.54, 1.807) is 0 Å². The average molecular weight is 332 g/mol. The lowest BCUT2D eigenvalue weighted by Crippen LogP contribution is -2.68. The molecule has 0 bridgehead atoms. The molecule has 0 aliphatic carbocycles. The number of unbranched alkanes of at least 4 members (excludes halogenated alkanes) is 2. The maximum atomic E-state index is 12.4. The molecule has 4 N–H and O–H groups in total. The Kier molecular flexibility index (Phi) is 7.76. The van der Waals surface area contributed by atoms with E-state index in [0.29, 0.717) is 19.3 Å². The molecule has 0 aromatic heterocycles. The zero-order valence-corrected chi connectivity index (χ0v) is 13.8. The van der Waals surface area contributed by atoms with Gasteiger partial charge in [-0.1, -0.05) is 26.7 Å². The fourth-order valence-corrected chi connectivity index (χ4v) is 2.75. The van der Waals surface area contributed by atoms with Gasteiger partial charge in [-0.15, -0.1) is 0 Å². The van der Waals surface area contributed by atoms with Crippen LogP contribution < -0.4 is 0 Å². The zero-order chi connectivity index (χ0) is 17.6. The molecule has 0 aromatic rings. The molecule has 5 atom stereocenters. The molecule has 1 rings (SSSR count). The van der Waals surface area contributed by atoms with Gasteiger partial charge in [-0.25, -0.2) is 0 Å². The van der Waals surface area contributed by atoms with E-state index in [9.17, 15) is 30.0 Å². The summed E-state index contributed by atoms with van der Waals surface area (Å²) in [6, 6.07) is 0.